The van der Waals surface area contributed by atoms with Gasteiger partial charge in [-0.3, -0.25) is 0 Å². The van der Waals surface area contributed by atoms with Crippen LogP contribution in [0.2, 0.25) is 0 Å². The summed E-state index contributed by atoms with van der Waals surface area (Å²) in [7, 11) is 5.29. The number of carboxylic acid groups (broad SMARTS) is 2. The van der Waals surface area contributed by atoms with Crippen LogP contribution in [0.15, 0.2) is 254 Å². The number of quaternary nitrogens is 1. The monoisotopic (exact) mass is 2410 g/mol. The van der Waals surface area contributed by atoms with Crippen LogP contribution in [0, 0.1) is 33.3 Å². The lowest BCUT2D eigenvalue weighted by atomic mass is 10.0. The molecule has 0 aliphatic heterocycles. The first kappa shape index (κ1) is 111. The summed E-state index contributed by atoms with van der Waals surface area (Å²) in [6, 6.07) is 73.6. The van der Waals surface area contributed by atoms with Gasteiger partial charge in [0.2, 0.25) is 0 Å². The fourth-order valence-corrected chi connectivity index (χ4v) is 18.8. The van der Waals surface area contributed by atoms with Crippen LogP contribution in [-0.2, 0) is 80.8 Å². The molecule has 9 aromatic carbocycles. The topological polar surface area (TPSA) is 302 Å². The summed E-state index contributed by atoms with van der Waals surface area (Å²) >= 11 is 21.3. The lowest BCUT2D eigenvalue weighted by molar-refractivity contribution is -0.884. The highest BCUT2D eigenvalue weighted by Gasteiger charge is 2.48. The van der Waals surface area contributed by atoms with E-state index in [4.69, 9.17) is 56.9 Å². The summed E-state index contributed by atoms with van der Waals surface area (Å²) < 4.78 is 112. The standard InChI is InChI=1S/2C22H21O3S.2C13H11F2I3O4.C10H16N.CH2Cl2.CH4O4S.CH4.H2O/c2*1-24-16-17-25-22(23)20-14-8-9-15-21(20)26(18-10-4-2-5-11-18)19-12-6-3-7-13-19;2*1-5(2)10(13(14,15)12(20)21)22-11(19)7-3-6(16)4-8(17)9(7)18;1-11(2,3)9-10-7-5-4-6-8-10;2-1-3;1-6(3,4)5-2;;/h2*2-15H,16-17H2,1H3;2*3-5,10H,1-2H3,(H,20,21);4-8H,9H2,1-3H3;1H2;2H,1H3;1H4;1H2/q2*+1;;;+1;;;;/p-3. The number of aliphatic carboxylic acids is 2. The third kappa shape index (κ3) is 38.3. The van der Waals surface area contributed by atoms with Gasteiger partial charge in [-0.05, 0) is 244 Å². The largest absolute Gasteiger partial charge is 0.707 e. The molecule has 118 heavy (non-hydrogen) atoms. The van der Waals surface area contributed by atoms with Crippen LogP contribution >= 0.6 is 159 Å². The van der Waals surface area contributed by atoms with E-state index in [9.17, 15) is 65.0 Å². The number of benzene rings is 9. The van der Waals surface area contributed by atoms with E-state index in [1.165, 1.54) is 45.4 Å². The first-order valence-electron chi connectivity index (χ1n) is 34.2. The smallest absolute Gasteiger partial charge is 0.343 e. The van der Waals surface area contributed by atoms with Crippen molar-refractivity contribution in [3.8, 4) is 0 Å². The van der Waals surface area contributed by atoms with E-state index < -0.39 is 69.9 Å². The molecule has 0 fully saturated rings. The highest BCUT2D eigenvalue weighted by atomic mass is 127. The predicted octanol–water partition coefficient (Wildman–Crippen LogP) is 16.7. The first-order valence-corrected chi connectivity index (χ1v) is 46.0. The molecule has 20 nitrogen and oxygen atoms in total. The molecule has 642 valence electrons. The van der Waals surface area contributed by atoms with Crippen LogP contribution in [0.4, 0.5) is 17.6 Å². The summed E-state index contributed by atoms with van der Waals surface area (Å²) in [5.41, 5.74) is 2.84. The van der Waals surface area contributed by atoms with Crippen LogP contribution in [0.1, 0.15) is 82.1 Å². The van der Waals surface area contributed by atoms with Crippen molar-refractivity contribution in [1.29, 1.82) is 0 Å². The van der Waals surface area contributed by atoms with E-state index >= 15 is 0 Å². The molecule has 0 bridgehead atoms. The maximum atomic E-state index is 13.7. The highest BCUT2D eigenvalue weighted by molar-refractivity contribution is 14.1. The minimum absolute atomic E-state index is 0. The number of nitrogens with zero attached hydrogens (tertiary/aromatic N) is 1. The first-order chi connectivity index (χ1) is 54.6. The van der Waals surface area contributed by atoms with Gasteiger partial charge in [-0.1, -0.05) is 163 Å². The van der Waals surface area contributed by atoms with Crippen LogP contribution in [-0.4, -0.2) is 152 Å². The maximum absolute atomic E-state index is 13.7. The molecular weight excluding hydrogens is 2320 g/mol. The molecule has 0 spiro atoms. The Morgan fingerprint density at radius 3 is 0.966 bits per heavy atom. The third-order valence-corrected chi connectivity index (χ3v) is 26.7. The molecular formula is C83H89Cl2F4I6NO19S3. The van der Waals surface area contributed by atoms with Gasteiger partial charge < -0.3 is 67.8 Å². The Hall–Kier alpha value is -5.11. The van der Waals surface area contributed by atoms with Crippen molar-refractivity contribution in [2.45, 2.75) is 95.1 Å². The average Bonchev–Trinajstić information content (AvgIpc) is 0.803. The number of hydrogen-bond acceptors (Lipinski definition) is 18. The number of methoxy groups -OCH3 is 2. The Labute approximate surface area is 784 Å². The number of hydrogen-bond donors (Lipinski definition) is 0. The summed E-state index contributed by atoms with van der Waals surface area (Å²) in [6.07, 6.45) is -3.52. The summed E-state index contributed by atoms with van der Waals surface area (Å²) in [5, 5.41) is 30.3. The van der Waals surface area contributed by atoms with Crippen molar-refractivity contribution in [3.05, 3.63) is 274 Å². The number of halogens is 12. The second kappa shape index (κ2) is 56.6. The molecule has 2 N–H and O–H groups in total. The van der Waals surface area contributed by atoms with Crippen LogP contribution < -0.4 is 15.5 Å². The lowest BCUT2D eigenvalue weighted by Gasteiger charge is -2.30. The second-order valence-corrected chi connectivity index (χ2v) is 38.7. The Morgan fingerprint density at radius 2 is 0.720 bits per heavy atom. The fraction of sp³-hybridized carbons (Fsp3) is 0.277. The van der Waals surface area contributed by atoms with E-state index in [0.29, 0.717) is 37.7 Å². The molecule has 9 rings (SSSR count). The molecule has 0 aliphatic carbocycles. The molecule has 0 saturated heterocycles. The Kier molecular flexibility index (Phi) is 53.2. The van der Waals surface area contributed by atoms with Gasteiger partial charge in [-0.2, -0.15) is 17.6 Å². The predicted molar refractivity (Wildman–Crippen MR) is 495 cm³/mol. The van der Waals surface area contributed by atoms with Gasteiger partial charge in [0.05, 0.1) is 57.1 Å². The third-order valence-electron chi connectivity index (χ3n) is 14.6. The summed E-state index contributed by atoms with van der Waals surface area (Å²) in [4.78, 5) is 77.4. The highest BCUT2D eigenvalue weighted by Crippen LogP contribution is 2.37. The van der Waals surface area contributed by atoms with Gasteiger partial charge in [0.1, 0.15) is 64.6 Å². The molecule has 9 aromatic rings. The zero-order valence-electron chi connectivity index (χ0n) is 64.5. The fourth-order valence-electron chi connectivity index (χ4n) is 9.61. The minimum Gasteiger partial charge on any atom is -0.707 e. The number of carbonyl (C=O) groups is 6. The number of carboxylic acids is 2. The molecule has 35 heteroatoms. The van der Waals surface area contributed by atoms with Crippen molar-refractivity contribution in [3.63, 3.8) is 0 Å². The van der Waals surface area contributed by atoms with Gasteiger partial charge in [0.25, 0.3) is 10.1 Å². The van der Waals surface area contributed by atoms with Crippen molar-refractivity contribution in [2.24, 2.45) is 11.8 Å². The zero-order valence-corrected chi connectivity index (χ0v) is 81.4. The van der Waals surface area contributed by atoms with E-state index in [-0.39, 0.29) is 76.3 Å². The summed E-state index contributed by atoms with van der Waals surface area (Å²) in [6.45, 7) is 7.74. The Bertz CT molecular complexity index is 4350. The quantitative estimate of drug-likeness (QED) is 0.00395. The number of rotatable bonds is 27. The van der Waals surface area contributed by atoms with E-state index in [1.807, 2.05) is 269 Å². The van der Waals surface area contributed by atoms with Crippen molar-refractivity contribution in [2.75, 3.05) is 73.4 Å². The Morgan fingerprint density at radius 1 is 0.458 bits per heavy atom. The second-order valence-electron chi connectivity index (χ2n) is 25.4. The number of esters is 4. The van der Waals surface area contributed by atoms with Crippen LogP contribution in [0.3, 0.4) is 0 Å². The SMILES string of the molecule is C.CC(C)C(OC(=O)c1cc(I)cc(I)c1I)C(F)(F)C(=O)[O-].CC(C)C(OC(=O)c1cc(I)cc(I)c1I)C(F)(F)C(=O)[O-].COCCOC(=O)c1ccccc1[S+](c1ccccc1)c1ccccc1.COCCOC(=O)c1ccccc1[S+](c1ccccc1)c1ccccc1.CS(=O)(=O)O[O-].C[N+](C)(C)Cc1ccccc1.ClCCl.O. The lowest BCUT2D eigenvalue weighted by Crippen LogP contribution is -2.53. The Balaban J connectivity index is 0.000000727. The van der Waals surface area contributed by atoms with Gasteiger partial charge in [-0.15, -0.1) is 23.2 Å². The van der Waals surface area contributed by atoms with Crippen molar-refractivity contribution in [1.82, 2.24) is 0 Å². The van der Waals surface area contributed by atoms with Crippen molar-refractivity contribution >= 4 is 226 Å². The van der Waals surface area contributed by atoms with E-state index in [1.54, 1.807) is 14.2 Å². The summed E-state index contributed by atoms with van der Waals surface area (Å²) in [5.74, 6) is -18.0. The number of carbonyl (C=O) groups excluding carboxylic acids is 6. The molecule has 0 saturated carbocycles. The number of ether oxygens (including phenoxy) is 6. The molecule has 2 unspecified atom stereocenters. The van der Waals surface area contributed by atoms with E-state index in [0.717, 1.165) is 54.7 Å². The molecule has 0 radical (unpaired) electrons. The van der Waals surface area contributed by atoms with Gasteiger partial charge in [-0.25, -0.2) is 27.6 Å². The molecule has 0 heterocycles. The van der Waals surface area contributed by atoms with Gasteiger partial charge in [0.15, 0.2) is 41.6 Å². The van der Waals surface area contributed by atoms with Gasteiger partial charge >= 0.3 is 35.7 Å². The van der Waals surface area contributed by atoms with Gasteiger partial charge in [0, 0.05) is 41.2 Å². The van der Waals surface area contributed by atoms with Crippen LogP contribution in [0.5, 0.6) is 0 Å². The van der Waals surface area contributed by atoms with Crippen LogP contribution in [0.25, 0.3) is 0 Å². The molecule has 2 atom stereocenters. The molecule has 0 aromatic heterocycles. The number of alkyl halides is 6. The normalized spacial score (nSPS) is 11.4. The molecule has 0 amide bonds. The minimum atomic E-state index is -4.26. The average molecular weight is 2410 g/mol. The maximum Gasteiger partial charge on any atom is 0.343 e. The van der Waals surface area contributed by atoms with E-state index in [2.05, 4.69) is 104 Å². The molecule has 0 aliphatic rings. The zero-order chi connectivity index (χ0) is 87.1. The van der Waals surface area contributed by atoms with Crippen molar-refractivity contribution < 1.29 is 113 Å².